The van der Waals surface area contributed by atoms with Gasteiger partial charge in [-0.1, -0.05) is 30.3 Å². The first-order valence-corrected chi connectivity index (χ1v) is 7.06. The van der Waals surface area contributed by atoms with Gasteiger partial charge in [-0.15, -0.1) is 0 Å². The molecular formula is C17H14FN3O2. The predicted molar refractivity (Wildman–Crippen MR) is 84.9 cm³/mol. The average Bonchev–Trinajstić information content (AvgIpc) is 2.58. The molecule has 0 saturated heterocycles. The molecule has 3 rings (SSSR count). The summed E-state index contributed by atoms with van der Waals surface area (Å²) in [5.41, 5.74) is 0.613. The van der Waals surface area contributed by atoms with Crippen LogP contribution >= 0.6 is 0 Å². The van der Waals surface area contributed by atoms with Gasteiger partial charge in [-0.2, -0.15) is 5.10 Å². The molecule has 5 nitrogen and oxygen atoms in total. The van der Waals surface area contributed by atoms with Gasteiger partial charge in [0.25, 0.3) is 11.5 Å². The molecule has 0 bridgehead atoms. The number of carbonyl (C=O) groups is 1. The third-order valence-corrected chi connectivity index (χ3v) is 3.56. The topological polar surface area (TPSA) is 64.0 Å². The number of rotatable bonds is 3. The molecule has 0 radical (unpaired) electrons. The molecule has 23 heavy (non-hydrogen) atoms. The average molecular weight is 311 g/mol. The van der Waals surface area contributed by atoms with Crippen LogP contribution in [0.15, 0.2) is 53.3 Å². The molecule has 0 spiro atoms. The van der Waals surface area contributed by atoms with Crippen LogP contribution in [0.2, 0.25) is 0 Å². The maximum atomic E-state index is 13.0. The second-order valence-electron chi connectivity index (χ2n) is 5.06. The minimum atomic E-state index is -0.367. The van der Waals surface area contributed by atoms with Crippen molar-refractivity contribution in [1.29, 1.82) is 0 Å². The van der Waals surface area contributed by atoms with Crippen molar-refractivity contribution in [1.82, 2.24) is 15.1 Å². The van der Waals surface area contributed by atoms with E-state index in [2.05, 4.69) is 10.4 Å². The highest BCUT2D eigenvalue weighted by Crippen LogP contribution is 2.14. The second kappa shape index (κ2) is 6.00. The number of hydrogen-bond acceptors (Lipinski definition) is 3. The SMILES string of the molecule is CNC(=O)c1nn(Cc2ccc(F)cc2)c(=O)c2ccccc12. The van der Waals surface area contributed by atoms with Crippen LogP contribution in [0.1, 0.15) is 16.1 Å². The largest absolute Gasteiger partial charge is 0.354 e. The third-order valence-electron chi connectivity index (χ3n) is 3.56. The van der Waals surface area contributed by atoms with Crippen LogP contribution in [0.5, 0.6) is 0 Å². The number of nitrogens with one attached hydrogen (secondary N) is 1. The van der Waals surface area contributed by atoms with E-state index in [9.17, 15) is 14.0 Å². The lowest BCUT2D eigenvalue weighted by Crippen LogP contribution is -2.29. The summed E-state index contributed by atoms with van der Waals surface area (Å²) in [5, 5.41) is 7.64. The fraction of sp³-hybridized carbons (Fsp3) is 0.118. The summed E-state index contributed by atoms with van der Waals surface area (Å²) in [7, 11) is 1.51. The van der Waals surface area contributed by atoms with Gasteiger partial charge >= 0.3 is 0 Å². The summed E-state index contributed by atoms with van der Waals surface area (Å²) in [5.74, 6) is -0.715. The normalized spacial score (nSPS) is 10.7. The molecule has 1 heterocycles. The van der Waals surface area contributed by atoms with Crippen LogP contribution in [0, 0.1) is 5.82 Å². The van der Waals surface area contributed by atoms with E-state index >= 15 is 0 Å². The van der Waals surface area contributed by atoms with Gasteiger partial charge in [-0.05, 0) is 23.8 Å². The first-order chi connectivity index (χ1) is 11.1. The highest BCUT2D eigenvalue weighted by molar-refractivity contribution is 6.04. The number of fused-ring (bicyclic) bond motifs is 1. The summed E-state index contributed by atoms with van der Waals surface area (Å²) in [4.78, 5) is 24.6. The molecule has 1 N–H and O–H groups in total. The van der Waals surface area contributed by atoms with Crippen LogP contribution in [-0.2, 0) is 6.54 Å². The van der Waals surface area contributed by atoms with E-state index in [1.807, 2.05) is 0 Å². The Morgan fingerprint density at radius 3 is 2.43 bits per heavy atom. The molecule has 6 heteroatoms. The minimum absolute atomic E-state index is 0.161. The number of amides is 1. The zero-order valence-electron chi connectivity index (χ0n) is 12.4. The van der Waals surface area contributed by atoms with E-state index in [0.717, 1.165) is 5.56 Å². The maximum Gasteiger partial charge on any atom is 0.274 e. The van der Waals surface area contributed by atoms with Crippen LogP contribution in [0.4, 0.5) is 4.39 Å². The molecule has 2 aromatic carbocycles. The zero-order valence-corrected chi connectivity index (χ0v) is 12.4. The van der Waals surface area contributed by atoms with Gasteiger partial charge in [0.05, 0.1) is 11.9 Å². The van der Waals surface area contributed by atoms with Crippen molar-refractivity contribution in [2.75, 3.05) is 7.05 Å². The Hall–Kier alpha value is -3.02. The molecule has 1 aromatic heterocycles. The second-order valence-corrected chi connectivity index (χ2v) is 5.06. The third kappa shape index (κ3) is 2.83. The Morgan fingerprint density at radius 2 is 1.78 bits per heavy atom. The lowest BCUT2D eigenvalue weighted by molar-refractivity contribution is 0.0957. The van der Waals surface area contributed by atoms with E-state index in [0.29, 0.717) is 10.8 Å². The highest BCUT2D eigenvalue weighted by atomic mass is 19.1. The molecule has 0 atom stereocenters. The maximum absolute atomic E-state index is 13.0. The van der Waals surface area contributed by atoms with E-state index in [1.54, 1.807) is 36.4 Å². The van der Waals surface area contributed by atoms with Crippen molar-refractivity contribution in [2.45, 2.75) is 6.54 Å². The molecule has 1 amide bonds. The van der Waals surface area contributed by atoms with Gasteiger partial charge in [0.2, 0.25) is 0 Å². The first-order valence-electron chi connectivity index (χ1n) is 7.06. The van der Waals surface area contributed by atoms with E-state index in [1.165, 1.54) is 23.9 Å². The number of halogens is 1. The number of benzene rings is 2. The highest BCUT2D eigenvalue weighted by Gasteiger charge is 2.15. The molecule has 0 saturated carbocycles. The summed E-state index contributed by atoms with van der Waals surface area (Å²) >= 11 is 0. The van der Waals surface area contributed by atoms with Gasteiger partial charge < -0.3 is 5.32 Å². The molecule has 0 unspecified atom stereocenters. The molecule has 0 aliphatic rings. The first kappa shape index (κ1) is 14.9. The van der Waals surface area contributed by atoms with Crippen molar-refractivity contribution < 1.29 is 9.18 Å². The van der Waals surface area contributed by atoms with Crippen molar-refractivity contribution >= 4 is 16.7 Å². The standard InChI is InChI=1S/C17H14FN3O2/c1-19-16(22)15-13-4-2-3-5-14(13)17(23)21(20-15)10-11-6-8-12(18)9-7-11/h2-9H,10H2,1H3,(H,19,22). The minimum Gasteiger partial charge on any atom is -0.354 e. The van der Waals surface area contributed by atoms with Crippen LogP contribution in [0.25, 0.3) is 10.8 Å². The van der Waals surface area contributed by atoms with Gasteiger partial charge in [-0.3, -0.25) is 9.59 Å². The Labute approximate surface area is 131 Å². The van der Waals surface area contributed by atoms with E-state index in [-0.39, 0.29) is 29.5 Å². The Morgan fingerprint density at radius 1 is 1.13 bits per heavy atom. The number of hydrogen-bond donors (Lipinski definition) is 1. The Kier molecular flexibility index (Phi) is 3.89. The Bertz CT molecular complexity index is 933. The van der Waals surface area contributed by atoms with E-state index in [4.69, 9.17) is 0 Å². The summed E-state index contributed by atoms with van der Waals surface area (Å²) < 4.78 is 14.2. The Balaban J connectivity index is 2.17. The number of carbonyl (C=O) groups excluding carboxylic acids is 1. The zero-order chi connectivity index (χ0) is 16.4. The van der Waals surface area contributed by atoms with Gasteiger partial charge in [0.1, 0.15) is 5.82 Å². The quantitative estimate of drug-likeness (QED) is 0.804. The van der Waals surface area contributed by atoms with Gasteiger partial charge in [0.15, 0.2) is 5.69 Å². The van der Waals surface area contributed by atoms with Crippen LogP contribution < -0.4 is 10.9 Å². The fourth-order valence-corrected chi connectivity index (χ4v) is 2.39. The van der Waals surface area contributed by atoms with Crippen molar-refractivity contribution in [3.8, 4) is 0 Å². The predicted octanol–water partition coefficient (Wildman–Crippen LogP) is 1.94. The molecule has 0 aliphatic heterocycles. The van der Waals surface area contributed by atoms with E-state index < -0.39 is 0 Å². The van der Waals surface area contributed by atoms with Gasteiger partial charge in [0, 0.05) is 12.4 Å². The lowest BCUT2D eigenvalue weighted by atomic mass is 10.1. The lowest BCUT2D eigenvalue weighted by Gasteiger charge is -2.10. The van der Waals surface area contributed by atoms with Gasteiger partial charge in [-0.25, -0.2) is 9.07 Å². The number of aromatic nitrogens is 2. The van der Waals surface area contributed by atoms with Crippen LogP contribution in [0.3, 0.4) is 0 Å². The summed E-state index contributed by atoms with van der Waals surface area (Å²) in [6.45, 7) is 0.161. The fourth-order valence-electron chi connectivity index (χ4n) is 2.39. The monoisotopic (exact) mass is 311 g/mol. The summed E-state index contributed by atoms with van der Waals surface area (Å²) in [6.07, 6.45) is 0. The molecule has 0 aliphatic carbocycles. The molecule has 0 fully saturated rings. The van der Waals surface area contributed by atoms with Crippen molar-refractivity contribution in [2.24, 2.45) is 0 Å². The summed E-state index contributed by atoms with van der Waals surface area (Å²) in [6, 6.07) is 12.6. The smallest absolute Gasteiger partial charge is 0.274 e. The molecule has 116 valence electrons. The van der Waals surface area contributed by atoms with Crippen LogP contribution in [-0.4, -0.2) is 22.7 Å². The van der Waals surface area contributed by atoms with Crippen molar-refractivity contribution in [3.63, 3.8) is 0 Å². The molecule has 3 aromatic rings. The molecular weight excluding hydrogens is 297 g/mol. The number of nitrogens with zero attached hydrogens (tertiary/aromatic N) is 2. The van der Waals surface area contributed by atoms with Crippen molar-refractivity contribution in [3.05, 3.63) is 76.0 Å².